The number of carbonyl (C=O) groups excluding carboxylic acids is 1. The van der Waals surface area contributed by atoms with Crippen molar-refractivity contribution in [2.45, 2.75) is 53.4 Å². The summed E-state index contributed by atoms with van der Waals surface area (Å²) in [6.45, 7) is 8.36. The van der Waals surface area contributed by atoms with Gasteiger partial charge in [-0.2, -0.15) is 0 Å². The lowest BCUT2D eigenvalue weighted by Gasteiger charge is -2.22. The fourth-order valence-electron chi connectivity index (χ4n) is 5.29. The zero-order valence-corrected chi connectivity index (χ0v) is 22.3. The molecule has 5 N–H and O–H groups in total. The molecule has 4 aromatic carbocycles. The average molecular weight is 492 g/mol. The van der Waals surface area contributed by atoms with E-state index >= 15 is 0 Å². The summed E-state index contributed by atoms with van der Waals surface area (Å²) in [6, 6.07) is 24.2. The largest absolute Gasteiger partial charge is 0.398 e. The van der Waals surface area contributed by atoms with E-state index in [0.717, 1.165) is 87.3 Å². The van der Waals surface area contributed by atoms with Crippen molar-refractivity contribution in [3.05, 3.63) is 101 Å². The normalized spacial score (nSPS) is 10.9. The summed E-state index contributed by atoms with van der Waals surface area (Å²) in [4.78, 5) is 14.1. The molecule has 4 aromatic rings. The van der Waals surface area contributed by atoms with E-state index < -0.39 is 0 Å². The van der Waals surface area contributed by atoms with Crippen LogP contribution in [-0.2, 0) is 25.7 Å². The van der Waals surface area contributed by atoms with Gasteiger partial charge < -0.3 is 16.8 Å². The van der Waals surface area contributed by atoms with Gasteiger partial charge >= 0.3 is 0 Å². The predicted octanol–water partition coefficient (Wildman–Crippen LogP) is 7.69. The van der Waals surface area contributed by atoms with Gasteiger partial charge in [-0.1, -0.05) is 88.4 Å². The van der Waals surface area contributed by atoms with Gasteiger partial charge in [0.2, 0.25) is 0 Å². The molecule has 0 saturated heterocycles. The summed E-state index contributed by atoms with van der Waals surface area (Å²) in [5.41, 5.74) is 24.2. The minimum Gasteiger partial charge on any atom is -0.398 e. The maximum atomic E-state index is 14.1. The van der Waals surface area contributed by atoms with E-state index in [1.54, 1.807) is 0 Å². The second-order valence-electron chi connectivity index (χ2n) is 9.30. The molecule has 0 aliphatic heterocycles. The first-order valence-electron chi connectivity index (χ1n) is 13.3. The molecule has 4 nitrogen and oxygen atoms in total. The number of rotatable bonds is 8. The van der Waals surface area contributed by atoms with Crippen molar-refractivity contribution >= 4 is 23.0 Å². The average Bonchev–Trinajstić information content (AvgIpc) is 2.94. The number of nitrogen functional groups attached to an aromatic ring is 2. The van der Waals surface area contributed by atoms with Gasteiger partial charge in [0.25, 0.3) is 5.91 Å². The van der Waals surface area contributed by atoms with Crippen LogP contribution < -0.4 is 16.8 Å². The lowest BCUT2D eigenvalue weighted by Crippen LogP contribution is -2.18. The van der Waals surface area contributed by atoms with Crippen LogP contribution >= 0.6 is 0 Å². The zero-order chi connectivity index (χ0) is 26.5. The summed E-state index contributed by atoms with van der Waals surface area (Å²) in [7, 11) is 0. The highest BCUT2D eigenvalue weighted by molar-refractivity contribution is 6.12. The summed E-state index contributed by atoms with van der Waals surface area (Å²) < 4.78 is 0. The maximum absolute atomic E-state index is 14.1. The Hall–Kier alpha value is -4.05. The molecule has 0 bridgehead atoms. The Bertz CT molecular complexity index is 1410. The van der Waals surface area contributed by atoms with Gasteiger partial charge in [0.05, 0.1) is 0 Å². The summed E-state index contributed by atoms with van der Waals surface area (Å²) in [5, 5.41) is 3.30. The standard InChI is InChI=1S/C33H37N3O/c1-5-21-19-27(29(25(7-3)31(21)34)23-15-11-9-12-16-23)33(37)36-28-20-22(6-2)32(35)26(8-4)30(28)24-17-13-10-14-18-24/h9-20H,5-8,34-35H2,1-4H3,(H,36,37). The van der Waals surface area contributed by atoms with Crippen molar-refractivity contribution < 1.29 is 4.79 Å². The lowest BCUT2D eigenvalue weighted by molar-refractivity contribution is 0.102. The van der Waals surface area contributed by atoms with E-state index in [1.807, 2.05) is 60.7 Å². The van der Waals surface area contributed by atoms with Crippen LogP contribution in [0.5, 0.6) is 0 Å². The van der Waals surface area contributed by atoms with Crippen LogP contribution in [0.3, 0.4) is 0 Å². The number of anilines is 3. The smallest absolute Gasteiger partial charge is 0.256 e. The van der Waals surface area contributed by atoms with Crippen molar-refractivity contribution in [2.24, 2.45) is 0 Å². The topological polar surface area (TPSA) is 81.1 Å². The van der Waals surface area contributed by atoms with Gasteiger partial charge in [-0.15, -0.1) is 0 Å². The second kappa shape index (κ2) is 11.3. The van der Waals surface area contributed by atoms with Gasteiger partial charge in [0, 0.05) is 28.2 Å². The molecule has 0 aliphatic carbocycles. The number of carbonyl (C=O) groups is 1. The van der Waals surface area contributed by atoms with E-state index in [4.69, 9.17) is 11.5 Å². The van der Waals surface area contributed by atoms with Gasteiger partial charge in [0.1, 0.15) is 0 Å². The third-order valence-electron chi connectivity index (χ3n) is 7.21. The number of amides is 1. The highest BCUT2D eigenvalue weighted by Crippen LogP contribution is 2.40. The Morgan fingerprint density at radius 3 is 1.59 bits per heavy atom. The van der Waals surface area contributed by atoms with Crippen molar-refractivity contribution in [3.8, 4) is 22.3 Å². The van der Waals surface area contributed by atoms with E-state index in [0.29, 0.717) is 5.56 Å². The number of benzene rings is 4. The molecule has 0 atom stereocenters. The molecule has 4 rings (SSSR count). The predicted molar refractivity (Wildman–Crippen MR) is 158 cm³/mol. The highest BCUT2D eigenvalue weighted by atomic mass is 16.1. The summed E-state index contributed by atoms with van der Waals surface area (Å²) >= 11 is 0. The Labute approximate surface area is 220 Å². The molecule has 0 saturated carbocycles. The van der Waals surface area contributed by atoms with Crippen molar-refractivity contribution in [1.29, 1.82) is 0 Å². The van der Waals surface area contributed by atoms with Crippen LogP contribution in [0.25, 0.3) is 22.3 Å². The number of hydrogen-bond donors (Lipinski definition) is 3. The third kappa shape index (κ3) is 4.97. The van der Waals surface area contributed by atoms with Gasteiger partial charge in [0.15, 0.2) is 0 Å². The van der Waals surface area contributed by atoms with E-state index in [-0.39, 0.29) is 5.91 Å². The molecule has 0 heterocycles. The minimum absolute atomic E-state index is 0.144. The first-order chi connectivity index (χ1) is 17.9. The van der Waals surface area contributed by atoms with Crippen molar-refractivity contribution in [3.63, 3.8) is 0 Å². The molecular formula is C33H37N3O. The Balaban J connectivity index is 1.94. The summed E-state index contributed by atoms with van der Waals surface area (Å²) in [6.07, 6.45) is 3.05. The van der Waals surface area contributed by atoms with Crippen molar-refractivity contribution in [2.75, 3.05) is 16.8 Å². The van der Waals surface area contributed by atoms with Crippen LogP contribution in [0.15, 0.2) is 72.8 Å². The second-order valence-corrected chi connectivity index (χ2v) is 9.30. The van der Waals surface area contributed by atoms with Crippen LogP contribution in [0, 0.1) is 0 Å². The van der Waals surface area contributed by atoms with E-state index in [2.05, 4.69) is 45.1 Å². The molecule has 1 amide bonds. The highest BCUT2D eigenvalue weighted by Gasteiger charge is 2.23. The van der Waals surface area contributed by atoms with Gasteiger partial charge in [-0.3, -0.25) is 4.79 Å². The molecule has 0 radical (unpaired) electrons. The Morgan fingerprint density at radius 1 is 0.649 bits per heavy atom. The Morgan fingerprint density at radius 2 is 1.11 bits per heavy atom. The monoisotopic (exact) mass is 491 g/mol. The van der Waals surface area contributed by atoms with Gasteiger partial charge in [-0.25, -0.2) is 0 Å². The lowest BCUT2D eigenvalue weighted by atomic mass is 9.87. The number of hydrogen-bond acceptors (Lipinski definition) is 3. The first-order valence-corrected chi connectivity index (χ1v) is 13.3. The van der Waals surface area contributed by atoms with Crippen LogP contribution in [0.4, 0.5) is 17.1 Å². The fourth-order valence-corrected chi connectivity index (χ4v) is 5.29. The number of nitrogens with one attached hydrogen (secondary N) is 1. The van der Waals surface area contributed by atoms with E-state index in [9.17, 15) is 4.79 Å². The minimum atomic E-state index is -0.144. The molecule has 0 fully saturated rings. The van der Waals surface area contributed by atoms with E-state index in [1.165, 1.54) is 0 Å². The molecule has 4 heteroatoms. The zero-order valence-electron chi connectivity index (χ0n) is 22.3. The molecule has 190 valence electrons. The van der Waals surface area contributed by atoms with Crippen molar-refractivity contribution in [1.82, 2.24) is 0 Å². The van der Waals surface area contributed by atoms with Crippen LogP contribution in [-0.4, -0.2) is 5.91 Å². The van der Waals surface area contributed by atoms with Crippen LogP contribution in [0.1, 0.15) is 60.3 Å². The third-order valence-corrected chi connectivity index (χ3v) is 7.21. The Kier molecular flexibility index (Phi) is 7.98. The molecule has 0 unspecified atom stereocenters. The molecular weight excluding hydrogens is 454 g/mol. The first kappa shape index (κ1) is 26.0. The number of aryl methyl sites for hydroxylation is 2. The molecule has 0 aromatic heterocycles. The maximum Gasteiger partial charge on any atom is 0.256 e. The SMILES string of the molecule is CCc1cc(NC(=O)c2cc(CC)c(N)c(CC)c2-c2ccccc2)c(-c2ccccc2)c(CC)c1N. The number of nitrogens with two attached hydrogens (primary N) is 2. The molecule has 37 heavy (non-hydrogen) atoms. The van der Waals surface area contributed by atoms with Gasteiger partial charge in [-0.05, 0) is 76.8 Å². The quantitative estimate of drug-likeness (QED) is 0.221. The van der Waals surface area contributed by atoms with Crippen LogP contribution in [0.2, 0.25) is 0 Å². The molecule has 0 spiro atoms. The summed E-state index contributed by atoms with van der Waals surface area (Å²) in [5.74, 6) is -0.144. The molecule has 0 aliphatic rings. The fraction of sp³-hybridized carbons (Fsp3) is 0.242.